The molecule has 0 spiro atoms. The third-order valence-corrected chi connectivity index (χ3v) is 5.30. The van der Waals surface area contributed by atoms with Crippen molar-refractivity contribution in [2.24, 2.45) is 0 Å². The molecule has 2 N–H and O–H groups in total. The van der Waals surface area contributed by atoms with Gasteiger partial charge in [-0.15, -0.1) is 0 Å². The number of nitrogens with zero attached hydrogens (tertiary/aromatic N) is 1. The van der Waals surface area contributed by atoms with E-state index in [4.69, 9.17) is 5.73 Å². The molecule has 90 valence electrons. The van der Waals surface area contributed by atoms with Crippen LogP contribution in [0, 0.1) is 0 Å². The number of aromatic nitrogens is 1. The largest absolute Gasteiger partial charge is 0.375 e. The Labute approximate surface area is 112 Å². The van der Waals surface area contributed by atoms with Crippen LogP contribution >= 0.6 is 27.3 Å². The molecule has 0 aliphatic carbocycles. The van der Waals surface area contributed by atoms with E-state index in [0.717, 1.165) is 27.6 Å². The van der Waals surface area contributed by atoms with E-state index in [1.165, 1.54) is 0 Å². The van der Waals surface area contributed by atoms with Crippen molar-refractivity contribution in [2.45, 2.75) is 4.21 Å². The SMILES string of the molecule is CS(=O)(=O)c1sc(N)nc1-c1ccc(Br)cc1. The molecule has 0 amide bonds. The molecular weight excluding hydrogens is 324 g/mol. The van der Waals surface area contributed by atoms with Crippen molar-refractivity contribution in [3.63, 3.8) is 0 Å². The predicted octanol–water partition coefficient (Wildman–Crippen LogP) is 2.56. The molecule has 0 atom stereocenters. The van der Waals surface area contributed by atoms with Crippen LogP contribution in [0.2, 0.25) is 0 Å². The Kier molecular flexibility index (Phi) is 3.24. The molecule has 2 aromatic rings. The van der Waals surface area contributed by atoms with Gasteiger partial charge in [0.15, 0.2) is 15.0 Å². The maximum Gasteiger partial charge on any atom is 0.187 e. The van der Waals surface area contributed by atoms with Gasteiger partial charge in [0, 0.05) is 16.3 Å². The van der Waals surface area contributed by atoms with E-state index in [0.29, 0.717) is 5.69 Å². The first-order valence-corrected chi connectivity index (χ1v) is 8.10. The lowest BCUT2D eigenvalue weighted by molar-refractivity contribution is 0.604. The van der Waals surface area contributed by atoms with E-state index in [1.54, 1.807) is 12.1 Å². The number of thiazole rings is 1. The van der Waals surface area contributed by atoms with Crippen LogP contribution in [-0.2, 0) is 9.84 Å². The summed E-state index contributed by atoms with van der Waals surface area (Å²) >= 11 is 4.31. The molecule has 1 aromatic heterocycles. The van der Waals surface area contributed by atoms with Gasteiger partial charge in [0.1, 0.15) is 9.90 Å². The van der Waals surface area contributed by atoms with Crippen molar-refractivity contribution in [3.05, 3.63) is 28.7 Å². The van der Waals surface area contributed by atoms with Crippen molar-refractivity contribution in [1.82, 2.24) is 4.98 Å². The fourth-order valence-electron chi connectivity index (χ4n) is 1.36. The highest BCUT2D eigenvalue weighted by Crippen LogP contribution is 2.33. The van der Waals surface area contributed by atoms with E-state index in [-0.39, 0.29) is 9.34 Å². The molecule has 4 nitrogen and oxygen atoms in total. The van der Waals surface area contributed by atoms with E-state index in [2.05, 4.69) is 20.9 Å². The minimum atomic E-state index is -3.31. The molecule has 0 aliphatic heterocycles. The summed E-state index contributed by atoms with van der Waals surface area (Å²) in [4.78, 5) is 4.08. The number of nitrogen functional groups attached to an aromatic ring is 1. The van der Waals surface area contributed by atoms with Crippen LogP contribution in [0.4, 0.5) is 5.13 Å². The lowest BCUT2D eigenvalue weighted by Crippen LogP contribution is -1.96. The zero-order valence-corrected chi connectivity index (χ0v) is 12.1. The number of rotatable bonds is 2. The van der Waals surface area contributed by atoms with Gasteiger partial charge in [-0.2, -0.15) is 0 Å². The second-order valence-electron chi connectivity index (χ2n) is 3.47. The second-order valence-corrected chi connectivity index (χ2v) is 7.62. The summed E-state index contributed by atoms with van der Waals surface area (Å²) in [5.74, 6) is 0. The molecule has 0 saturated heterocycles. The molecular formula is C10H9BrN2O2S2. The monoisotopic (exact) mass is 332 g/mol. The topological polar surface area (TPSA) is 73.0 Å². The molecule has 17 heavy (non-hydrogen) atoms. The molecule has 0 bridgehead atoms. The maximum atomic E-state index is 11.6. The van der Waals surface area contributed by atoms with Crippen molar-refractivity contribution in [2.75, 3.05) is 12.0 Å². The first kappa shape index (κ1) is 12.5. The number of benzene rings is 1. The Balaban J connectivity index is 2.64. The summed E-state index contributed by atoms with van der Waals surface area (Å²) in [5.41, 5.74) is 6.73. The Morgan fingerprint density at radius 1 is 1.29 bits per heavy atom. The van der Waals surface area contributed by atoms with Crippen molar-refractivity contribution < 1.29 is 8.42 Å². The predicted molar refractivity (Wildman–Crippen MR) is 72.8 cm³/mol. The van der Waals surface area contributed by atoms with E-state index < -0.39 is 9.84 Å². The summed E-state index contributed by atoms with van der Waals surface area (Å²) in [5, 5.41) is 0.253. The fourth-order valence-corrected chi connectivity index (χ4v) is 3.59. The lowest BCUT2D eigenvalue weighted by Gasteiger charge is -2.00. The van der Waals surface area contributed by atoms with E-state index in [1.807, 2.05) is 12.1 Å². The van der Waals surface area contributed by atoms with Crippen LogP contribution in [0.1, 0.15) is 0 Å². The van der Waals surface area contributed by atoms with E-state index >= 15 is 0 Å². The van der Waals surface area contributed by atoms with Crippen LogP contribution in [-0.4, -0.2) is 19.7 Å². The van der Waals surface area contributed by atoms with Crippen LogP contribution in [0.15, 0.2) is 32.9 Å². The van der Waals surface area contributed by atoms with Crippen molar-refractivity contribution in [1.29, 1.82) is 0 Å². The Morgan fingerprint density at radius 3 is 2.41 bits per heavy atom. The molecule has 7 heteroatoms. The number of sulfone groups is 1. The highest BCUT2D eigenvalue weighted by Gasteiger charge is 2.20. The smallest absolute Gasteiger partial charge is 0.187 e. The van der Waals surface area contributed by atoms with Gasteiger partial charge in [0.2, 0.25) is 0 Å². The number of anilines is 1. The number of halogens is 1. The van der Waals surface area contributed by atoms with Crippen LogP contribution in [0.3, 0.4) is 0 Å². The first-order valence-electron chi connectivity index (χ1n) is 4.60. The highest BCUT2D eigenvalue weighted by molar-refractivity contribution is 9.10. The standard InChI is InChI=1S/C10H9BrN2O2S2/c1-17(14,15)9-8(13-10(12)16-9)6-2-4-7(11)5-3-6/h2-5H,1H3,(H2,12,13). The number of hydrogen-bond acceptors (Lipinski definition) is 5. The number of hydrogen-bond donors (Lipinski definition) is 1. The van der Waals surface area contributed by atoms with E-state index in [9.17, 15) is 8.42 Å². The van der Waals surface area contributed by atoms with Gasteiger partial charge in [-0.25, -0.2) is 13.4 Å². The molecule has 2 rings (SSSR count). The van der Waals surface area contributed by atoms with Gasteiger partial charge >= 0.3 is 0 Å². The Morgan fingerprint density at radius 2 is 1.88 bits per heavy atom. The minimum Gasteiger partial charge on any atom is -0.375 e. The van der Waals surface area contributed by atoms with Gasteiger partial charge in [0.05, 0.1) is 0 Å². The Bertz CT molecular complexity index is 647. The lowest BCUT2D eigenvalue weighted by atomic mass is 10.2. The fraction of sp³-hybridized carbons (Fsp3) is 0.100. The Hall–Kier alpha value is -0.920. The zero-order valence-electron chi connectivity index (χ0n) is 8.84. The van der Waals surface area contributed by atoms with Crippen LogP contribution < -0.4 is 5.73 Å². The molecule has 0 unspecified atom stereocenters. The summed E-state index contributed by atoms with van der Waals surface area (Å²) in [6, 6.07) is 7.26. The third kappa shape index (κ3) is 2.67. The second kappa shape index (κ2) is 4.40. The molecule has 0 saturated carbocycles. The van der Waals surface area contributed by atoms with Gasteiger partial charge in [-0.05, 0) is 12.1 Å². The van der Waals surface area contributed by atoms with Crippen LogP contribution in [0.5, 0.6) is 0 Å². The summed E-state index contributed by atoms with van der Waals surface area (Å²) < 4.78 is 24.4. The van der Waals surface area contributed by atoms with Crippen molar-refractivity contribution >= 4 is 42.2 Å². The summed E-state index contributed by atoms with van der Waals surface area (Å²) in [7, 11) is -3.31. The van der Waals surface area contributed by atoms with Gasteiger partial charge < -0.3 is 5.73 Å². The summed E-state index contributed by atoms with van der Waals surface area (Å²) in [6.45, 7) is 0. The minimum absolute atomic E-state index is 0.206. The third-order valence-electron chi connectivity index (χ3n) is 2.07. The zero-order chi connectivity index (χ0) is 12.6. The molecule has 1 aromatic carbocycles. The van der Waals surface area contributed by atoms with Gasteiger partial charge in [0.25, 0.3) is 0 Å². The average Bonchev–Trinajstić information content (AvgIpc) is 2.61. The molecule has 1 heterocycles. The molecule has 0 radical (unpaired) electrons. The number of nitrogens with two attached hydrogens (primary N) is 1. The molecule has 0 fully saturated rings. The van der Waals surface area contributed by atoms with Gasteiger partial charge in [-0.1, -0.05) is 39.4 Å². The van der Waals surface area contributed by atoms with Crippen molar-refractivity contribution in [3.8, 4) is 11.3 Å². The maximum absolute atomic E-state index is 11.6. The molecule has 0 aliphatic rings. The highest BCUT2D eigenvalue weighted by atomic mass is 79.9. The first-order chi connectivity index (χ1) is 7.88. The quantitative estimate of drug-likeness (QED) is 0.917. The van der Waals surface area contributed by atoms with Crippen LogP contribution in [0.25, 0.3) is 11.3 Å². The normalized spacial score (nSPS) is 11.6. The van der Waals surface area contributed by atoms with Gasteiger partial charge in [-0.3, -0.25) is 0 Å². The average molecular weight is 333 g/mol. The summed E-state index contributed by atoms with van der Waals surface area (Å²) in [6.07, 6.45) is 1.16.